The number of aromatic carboxylic acids is 1. The van der Waals surface area contributed by atoms with Gasteiger partial charge in [0.2, 0.25) is 5.91 Å². The highest BCUT2D eigenvalue weighted by molar-refractivity contribution is 5.89. The van der Waals surface area contributed by atoms with Gasteiger partial charge in [0.05, 0.1) is 5.56 Å². The standard InChI is InChI=1S/C21H28N2O3/c1-14(24)22-13-16-11-21(2)18(22)9-5-6-10-19(21)23(16)12-15-7-3-4-8-17(15)20(25)26/h3-4,7-8,16,18-19H,5-6,9-13H2,1-2H3,(H,25,26)/t16-,18+,19-,21+/m0/s1. The van der Waals surface area contributed by atoms with E-state index in [2.05, 4.69) is 16.7 Å². The quantitative estimate of drug-likeness (QED) is 0.904. The van der Waals surface area contributed by atoms with Crippen LogP contribution in [0.2, 0.25) is 0 Å². The van der Waals surface area contributed by atoms with E-state index in [4.69, 9.17) is 0 Å². The van der Waals surface area contributed by atoms with E-state index in [1.165, 1.54) is 12.8 Å². The van der Waals surface area contributed by atoms with Crippen molar-refractivity contribution in [1.82, 2.24) is 9.80 Å². The highest BCUT2D eigenvalue weighted by Gasteiger charge is 2.58. The molecule has 1 aromatic carbocycles. The van der Waals surface area contributed by atoms with Crippen LogP contribution in [0.15, 0.2) is 24.3 Å². The molecule has 0 unspecified atom stereocenters. The third-order valence-corrected chi connectivity index (χ3v) is 7.06. The summed E-state index contributed by atoms with van der Waals surface area (Å²) in [5.41, 5.74) is 1.39. The highest BCUT2D eigenvalue weighted by atomic mass is 16.4. The maximum Gasteiger partial charge on any atom is 0.336 e. The Kier molecular flexibility index (Phi) is 4.30. The van der Waals surface area contributed by atoms with Gasteiger partial charge in [-0.05, 0) is 30.9 Å². The van der Waals surface area contributed by atoms with Gasteiger partial charge >= 0.3 is 5.97 Å². The number of likely N-dealkylation sites (tertiary alicyclic amines) is 2. The molecule has 2 bridgehead atoms. The summed E-state index contributed by atoms with van der Waals surface area (Å²) in [6.07, 6.45) is 5.71. The molecule has 4 atom stereocenters. The van der Waals surface area contributed by atoms with Gasteiger partial charge in [0.15, 0.2) is 0 Å². The Morgan fingerprint density at radius 3 is 2.58 bits per heavy atom. The molecule has 3 fully saturated rings. The maximum absolute atomic E-state index is 12.3. The van der Waals surface area contributed by atoms with E-state index in [0.29, 0.717) is 30.2 Å². The first-order chi connectivity index (χ1) is 12.4. The van der Waals surface area contributed by atoms with Crippen LogP contribution < -0.4 is 0 Å². The average Bonchev–Trinajstić information content (AvgIpc) is 2.71. The van der Waals surface area contributed by atoms with Gasteiger partial charge in [-0.2, -0.15) is 0 Å². The Balaban J connectivity index is 1.70. The average molecular weight is 356 g/mol. The van der Waals surface area contributed by atoms with Crippen LogP contribution in [0, 0.1) is 5.41 Å². The first-order valence-electron chi connectivity index (χ1n) is 9.76. The summed E-state index contributed by atoms with van der Waals surface area (Å²) in [6, 6.07) is 8.41. The lowest BCUT2D eigenvalue weighted by Crippen LogP contribution is -2.55. The number of hydrogen-bond acceptors (Lipinski definition) is 3. The lowest BCUT2D eigenvalue weighted by Gasteiger charge is -2.46. The molecule has 26 heavy (non-hydrogen) atoms. The van der Waals surface area contributed by atoms with E-state index in [0.717, 1.165) is 31.4 Å². The minimum atomic E-state index is -0.863. The molecule has 0 spiro atoms. The number of rotatable bonds is 3. The molecule has 2 aliphatic heterocycles. The van der Waals surface area contributed by atoms with Gasteiger partial charge in [0, 0.05) is 43.6 Å². The number of amides is 1. The summed E-state index contributed by atoms with van der Waals surface area (Å²) in [5, 5.41) is 9.54. The predicted octanol–water partition coefficient (Wildman–Crippen LogP) is 3.14. The predicted molar refractivity (Wildman–Crippen MR) is 98.9 cm³/mol. The van der Waals surface area contributed by atoms with E-state index in [1.807, 2.05) is 12.1 Å². The van der Waals surface area contributed by atoms with Crippen LogP contribution >= 0.6 is 0 Å². The van der Waals surface area contributed by atoms with Gasteiger partial charge in [-0.25, -0.2) is 4.79 Å². The fourth-order valence-electron chi connectivity index (χ4n) is 5.94. The Morgan fingerprint density at radius 1 is 1.19 bits per heavy atom. The minimum absolute atomic E-state index is 0.114. The third kappa shape index (κ3) is 2.64. The number of carbonyl (C=O) groups excluding carboxylic acids is 1. The molecule has 1 aromatic rings. The Morgan fingerprint density at radius 2 is 1.88 bits per heavy atom. The van der Waals surface area contributed by atoms with Gasteiger partial charge in [0.25, 0.3) is 0 Å². The van der Waals surface area contributed by atoms with Crippen molar-refractivity contribution >= 4 is 11.9 Å². The van der Waals surface area contributed by atoms with Crippen molar-refractivity contribution in [2.45, 2.75) is 70.6 Å². The number of carbonyl (C=O) groups is 2. The van der Waals surface area contributed by atoms with Crippen molar-refractivity contribution in [2.75, 3.05) is 6.54 Å². The first-order valence-corrected chi connectivity index (χ1v) is 9.76. The van der Waals surface area contributed by atoms with Crippen molar-refractivity contribution in [3.63, 3.8) is 0 Å². The molecular weight excluding hydrogens is 328 g/mol. The van der Waals surface area contributed by atoms with E-state index in [-0.39, 0.29) is 11.3 Å². The van der Waals surface area contributed by atoms with Crippen LogP contribution in [0.5, 0.6) is 0 Å². The zero-order valence-electron chi connectivity index (χ0n) is 15.6. The Bertz CT molecular complexity index is 734. The van der Waals surface area contributed by atoms with E-state index >= 15 is 0 Å². The van der Waals surface area contributed by atoms with Crippen LogP contribution in [0.3, 0.4) is 0 Å². The van der Waals surface area contributed by atoms with Crippen molar-refractivity contribution < 1.29 is 14.7 Å². The Labute approximate surface area is 155 Å². The molecule has 140 valence electrons. The maximum atomic E-state index is 12.3. The van der Waals surface area contributed by atoms with E-state index in [1.54, 1.807) is 19.1 Å². The first kappa shape index (κ1) is 17.5. The number of piperidine rings is 1. The molecule has 1 aliphatic carbocycles. The summed E-state index contributed by atoms with van der Waals surface area (Å²) < 4.78 is 0. The highest BCUT2D eigenvalue weighted by Crippen LogP contribution is 2.53. The lowest BCUT2D eigenvalue weighted by atomic mass is 9.71. The number of nitrogens with zero attached hydrogens (tertiary/aromatic N) is 2. The van der Waals surface area contributed by atoms with Crippen molar-refractivity contribution in [1.29, 1.82) is 0 Å². The topological polar surface area (TPSA) is 60.9 Å². The Hall–Kier alpha value is -1.88. The van der Waals surface area contributed by atoms with Crippen LogP contribution in [0.4, 0.5) is 0 Å². The summed E-state index contributed by atoms with van der Waals surface area (Å²) in [4.78, 5) is 28.6. The summed E-state index contributed by atoms with van der Waals surface area (Å²) in [5.74, 6) is -0.683. The number of benzene rings is 1. The second-order valence-electron chi connectivity index (χ2n) is 8.49. The molecule has 1 saturated carbocycles. The van der Waals surface area contributed by atoms with E-state index in [9.17, 15) is 14.7 Å². The molecule has 5 nitrogen and oxygen atoms in total. The summed E-state index contributed by atoms with van der Waals surface area (Å²) in [7, 11) is 0. The minimum Gasteiger partial charge on any atom is -0.478 e. The molecule has 3 aliphatic rings. The third-order valence-electron chi connectivity index (χ3n) is 7.06. The fourth-order valence-corrected chi connectivity index (χ4v) is 5.94. The zero-order valence-corrected chi connectivity index (χ0v) is 15.6. The van der Waals surface area contributed by atoms with Crippen molar-refractivity contribution in [2.24, 2.45) is 5.41 Å². The summed E-state index contributed by atoms with van der Waals surface area (Å²) in [6.45, 7) is 5.49. The van der Waals surface area contributed by atoms with Crippen LogP contribution in [0.25, 0.3) is 0 Å². The van der Waals surface area contributed by atoms with Gasteiger partial charge in [-0.15, -0.1) is 0 Å². The van der Waals surface area contributed by atoms with Crippen molar-refractivity contribution in [3.05, 3.63) is 35.4 Å². The summed E-state index contributed by atoms with van der Waals surface area (Å²) >= 11 is 0. The number of carboxylic acids is 1. The molecule has 0 aromatic heterocycles. The molecule has 0 radical (unpaired) electrons. The number of fused-ring (bicyclic) bond motifs is 1. The zero-order chi connectivity index (χ0) is 18.5. The molecule has 1 amide bonds. The fraction of sp³-hybridized carbons (Fsp3) is 0.619. The van der Waals surface area contributed by atoms with Crippen LogP contribution in [0.1, 0.15) is 61.9 Å². The molecule has 5 heteroatoms. The van der Waals surface area contributed by atoms with Crippen LogP contribution in [-0.4, -0.2) is 51.5 Å². The molecule has 2 heterocycles. The van der Waals surface area contributed by atoms with Gasteiger partial charge in [-0.1, -0.05) is 38.0 Å². The monoisotopic (exact) mass is 356 g/mol. The second kappa shape index (κ2) is 6.38. The largest absolute Gasteiger partial charge is 0.478 e. The van der Waals surface area contributed by atoms with E-state index < -0.39 is 5.97 Å². The van der Waals surface area contributed by atoms with Crippen LogP contribution in [-0.2, 0) is 11.3 Å². The van der Waals surface area contributed by atoms with Gasteiger partial charge in [0.1, 0.15) is 0 Å². The smallest absolute Gasteiger partial charge is 0.336 e. The molecular formula is C21H28N2O3. The molecule has 4 rings (SSSR count). The van der Waals surface area contributed by atoms with Gasteiger partial charge < -0.3 is 10.0 Å². The lowest BCUT2D eigenvalue weighted by molar-refractivity contribution is -0.136. The van der Waals surface area contributed by atoms with Gasteiger partial charge in [-0.3, -0.25) is 9.69 Å². The number of carboxylic acid groups (broad SMARTS) is 1. The second-order valence-corrected chi connectivity index (χ2v) is 8.49. The number of hydrogen-bond donors (Lipinski definition) is 1. The molecule has 2 saturated heterocycles. The van der Waals surface area contributed by atoms with Crippen molar-refractivity contribution in [3.8, 4) is 0 Å². The normalized spacial score (nSPS) is 33.8. The SMILES string of the molecule is CC(=O)N1C[C@@H]2C[C@@]3(C)[C@H](CCCC[C@@H]13)N2Cc1ccccc1C(=O)O. The molecule has 1 N–H and O–H groups in total.